The maximum Gasteiger partial charge on any atom is 0.137 e. The van der Waals surface area contributed by atoms with Crippen LogP contribution >= 0.6 is 0 Å². The second kappa shape index (κ2) is 5.76. The minimum atomic E-state index is 0.0493. The average Bonchev–Trinajstić information content (AvgIpc) is 3.09. The van der Waals surface area contributed by atoms with Gasteiger partial charge in [-0.15, -0.1) is 0 Å². The number of hydrogen-bond acceptors (Lipinski definition) is 3. The lowest BCUT2D eigenvalue weighted by molar-refractivity contribution is 0.314. The van der Waals surface area contributed by atoms with Crippen molar-refractivity contribution in [2.45, 2.75) is 58.3 Å². The first-order chi connectivity index (χ1) is 12.3. The van der Waals surface area contributed by atoms with Gasteiger partial charge in [-0.05, 0) is 19.8 Å². The lowest BCUT2D eigenvalue weighted by Gasteiger charge is -2.39. The zero-order valence-electron chi connectivity index (χ0n) is 16.2. The van der Waals surface area contributed by atoms with Gasteiger partial charge in [0.25, 0.3) is 0 Å². The van der Waals surface area contributed by atoms with Crippen molar-refractivity contribution >= 4 is 0 Å². The molecule has 0 spiro atoms. The molecule has 1 aromatic carbocycles. The zero-order chi connectivity index (χ0) is 18.5. The molecular formula is C22H26N4. The maximum absolute atomic E-state index is 5.02. The van der Waals surface area contributed by atoms with Gasteiger partial charge in [0.1, 0.15) is 11.5 Å². The van der Waals surface area contributed by atoms with Crippen molar-refractivity contribution in [3.05, 3.63) is 53.6 Å². The van der Waals surface area contributed by atoms with E-state index >= 15 is 0 Å². The first kappa shape index (κ1) is 17.0. The molecule has 4 nitrogen and oxygen atoms in total. The van der Waals surface area contributed by atoms with Gasteiger partial charge in [0.15, 0.2) is 0 Å². The van der Waals surface area contributed by atoms with Crippen molar-refractivity contribution < 1.29 is 0 Å². The SMILES string of the molecule is Cc1ccc(-c2ncc(-c3cnc4c(n3)C(C)(C)CCC4(C)C)[nH]2)cc1. The summed E-state index contributed by atoms with van der Waals surface area (Å²) in [6, 6.07) is 8.37. The van der Waals surface area contributed by atoms with E-state index in [-0.39, 0.29) is 10.8 Å². The molecular weight excluding hydrogens is 320 g/mol. The van der Waals surface area contributed by atoms with Crippen molar-refractivity contribution in [2.24, 2.45) is 0 Å². The Bertz CT molecular complexity index is 949. The molecule has 2 heterocycles. The fourth-order valence-electron chi connectivity index (χ4n) is 3.66. The number of fused-ring (bicyclic) bond motifs is 1. The highest BCUT2D eigenvalue weighted by molar-refractivity contribution is 5.62. The van der Waals surface area contributed by atoms with Crippen LogP contribution in [-0.2, 0) is 10.8 Å². The molecule has 0 atom stereocenters. The van der Waals surface area contributed by atoms with E-state index in [1.807, 2.05) is 12.4 Å². The van der Waals surface area contributed by atoms with Crippen LogP contribution in [0.4, 0.5) is 0 Å². The molecule has 0 bridgehead atoms. The molecule has 0 saturated carbocycles. The van der Waals surface area contributed by atoms with Gasteiger partial charge < -0.3 is 4.98 Å². The van der Waals surface area contributed by atoms with E-state index in [1.54, 1.807) is 0 Å². The number of aryl methyl sites for hydroxylation is 1. The Morgan fingerprint density at radius 3 is 2.19 bits per heavy atom. The highest BCUT2D eigenvalue weighted by atomic mass is 15.0. The number of benzene rings is 1. The van der Waals surface area contributed by atoms with Crippen LogP contribution in [0.1, 0.15) is 57.5 Å². The minimum Gasteiger partial charge on any atom is -0.337 e. The molecule has 0 unspecified atom stereocenters. The standard InChI is InChI=1S/C22H26N4/c1-14-6-8-15(9-7-14)20-24-13-17(26-20)16-12-23-18-19(25-16)22(4,5)11-10-21(18,2)3/h6-9,12-13H,10-11H2,1-5H3,(H,24,26). The number of rotatable bonds is 2. The van der Waals surface area contributed by atoms with Crippen molar-refractivity contribution in [1.29, 1.82) is 0 Å². The van der Waals surface area contributed by atoms with Crippen LogP contribution < -0.4 is 0 Å². The monoisotopic (exact) mass is 346 g/mol. The Labute approximate surface area is 155 Å². The quantitative estimate of drug-likeness (QED) is 0.694. The molecule has 3 aromatic rings. The lowest BCUT2D eigenvalue weighted by Crippen LogP contribution is -2.36. The second-order valence-electron chi connectivity index (χ2n) is 8.73. The first-order valence-corrected chi connectivity index (χ1v) is 9.27. The third-order valence-electron chi connectivity index (χ3n) is 5.61. The maximum atomic E-state index is 5.02. The smallest absolute Gasteiger partial charge is 0.137 e. The van der Waals surface area contributed by atoms with Crippen molar-refractivity contribution in [1.82, 2.24) is 19.9 Å². The number of nitrogens with one attached hydrogen (secondary N) is 1. The predicted octanol–water partition coefficient (Wildman–Crippen LogP) is 5.19. The number of imidazole rings is 1. The van der Waals surface area contributed by atoms with Crippen LogP contribution in [0, 0.1) is 6.92 Å². The van der Waals surface area contributed by atoms with Gasteiger partial charge in [0.2, 0.25) is 0 Å². The number of nitrogens with zero attached hydrogens (tertiary/aromatic N) is 3. The van der Waals surface area contributed by atoms with E-state index in [9.17, 15) is 0 Å². The molecule has 0 amide bonds. The van der Waals surface area contributed by atoms with Crippen LogP contribution in [0.5, 0.6) is 0 Å². The highest BCUT2D eigenvalue weighted by Crippen LogP contribution is 2.44. The van der Waals surface area contributed by atoms with Crippen LogP contribution in [0.2, 0.25) is 0 Å². The molecule has 0 fully saturated rings. The fraction of sp³-hybridized carbons (Fsp3) is 0.409. The third-order valence-corrected chi connectivity index (χ3v) is 5.61. The van der Waals surface area contributed by atoms with E-state index in [4.69, 9.17) is 9.97 Å². The van der Waals surface area contributed by atoms with Crippen molar-refractivity contribution in [2.75, 3.05) is 0 Å². The molecule has 4 heteroatoms. The zero-order valence-corrected chi connectivity index (χ0v) is 16.2. The van der Waals surface area contributed by atoms with Gasteiger partial charge >= 0.3 is 0 Å². The van der Waals surface area contributed by atoms with E-state index in [1.165, 1.54) is 5.56 Å². The Morgan fingerprint density at radius 1 is 0.846 bits per heavy atom. The Morgan fingerprint density at radius 2 is 1.50 bits per heavy atom. The van der Waals surface area contributed by atoms with Gasteiger partial charge in [0.05, 0.1) is 29.5 Å². The third kappa shape index (κ3) is 2.83. The van der Waals surface area contributed by atoms with Crippen LogP contribution in [-0.4, -0.2) is 19.9 Å². The summed E-state index contributed by atoms with van der Waals surface area (Å²) in [4.78, 5) is 17.8. The van der Waals surface area contributed by atoms with Crippen LogP contribution in [0.15, 0.2) is 36.7 Å². The Kier molecular flexibility index (Phi) is 3.76. The summed E-state index contributed by atoms with van der Waals surface area (Å²) in [6.45, 7) is 11.2. The summed E-state index contributed by atoms with van der Waals surface area (Å²) in [5.41, 5.74) is 6.48. The highest BCUT2D eigenvalue weighted by Gasteiger charge is 2.39. The summed E-state index contributed by atoms with van der Waals surface area (Å²) in [7, 11) is 0. The van der Waals surface area contributed by atoms with E-state index in [0.717, 1.165) is 47.0 Å². The lowest BCUT2D eigenvalue weighted by atomic mass is 9.67. The van der Waals surface area contributed by atoms with Crippen molar-refractivity contribution in [3.63, 3.8) is 0 Å². The Balaban J connectivity index is 1.75. The molecule has 26 heavy (non-hydrogen) atoms. The van der Waals surface area contributed by atoms with Gasteiger partial charge in [-0.25, -0.2) is 9.97 Å². The van der Waals surface area contributed by atoms with Crippen LogP contribution in [0.25, 0.3) is 22.8 Å². The topological polar surface area (TPSA) is 54.5 Å². The second-order valence-corrected chi connectivity index (χ2v) is 8.73. The molecule has 1 aliphatic rings. The number of H-pyrrole nitrogens is 1. The number of hydrogen-bond donors (Lipinski definition) is 1. The molecule has 0 aliphatic heterocycles. The molecule has 1 aliphatic carbocycles. The molecule has 2 aromatic heterocycles. The summed E-state index contributed by atoms with van der Waals surface area (Å²) < 4.78 is 0. The number of aromatic nitrogens is 4. The first-order valence-electron chi connectivity index (χ1n) is 9.27. The van der Waals surface area contributed by atoms with Gasteiger partial charge in [-0.2, -0.15) is 0 Å². The summed E-state index contributed by atoms with van der Waals surface area (Å²) in [6.07, 6.45) is 6.01. The van der Waals surface area contributed by atoms with Crippen molar-refractivity contribution in [3.8, 4) is 22.8 Å². The van der Waals surface area contributed by atoms with E-state index < -0.39 is 0 Å². The predicted molar refractivity (Wildman–Crippen MR) is 105 cm³/mol. The molecule has 4 rings (SSSR count). The Hall–Kier alpha value is -2.49. The largest absolute Gasteiger partial charge is 0.337 e. The van der Waals surface area contributed by atoms with Gasteiger partial charge in [-0.3, -0.25) is 4.98 Å². The summed E-state index contributed by atoms with van der Waals surface area (Å²) >= 11 is 0. The normalized spacial score (nSPS) is 17.7. The van der Waals surface area contributed by atoms with Gasteiger partial charge in [0, 0.05) is 16.4 Å². The fourth-order valence-corrected chi connectivity index (χ4v) is 3.66. The van der Waals surface area contributed by atoms with E-state index in [2.05, 4.69) is 68.9 Å². The molecule has 1 N–H and O–H groups in total. The average molecular weight is 346 g/mol. The minimum absolute atomic E-state index is 0.0493. The van der Waals surface area contributed by atoms with Gasteiger partial charge in [-0.1, -0.05) is 57.5 Å². The molecule has 0 radical (unpaired) electrons. The molecule has 134 valence electrons. The van der Waals surface area contributed by atoms with E-state index in [0.29, 0.717) is 0 Å². The number of aromatic amines is 1. The summed E-state index contributed by atoms with van der Waals surface area (Å²) in [5.74, 6) is 0.860. The van der Waals surface area contributed by atoms with Crippen LogP contribution in [0.3, 0.4) is 0 Å². The molecule has 0 saturated heterocycles. The summed E-state index contributed by atoms with van der Waals surface area (Å²) in [5, 5.41) is 0.